The number of unbranched alkanes of at least 4 members (excludes halogenated alkanes) is 3. The summed E-state index contributed by atoms with van der Waals surface area (Å²) in [6.07, 6.45) is 17.1. The maximum Gasteiger partial charge on any atom is 0.325 e. The average Bonchev–Trinajstić information content (AvgIpc) is 3.21. The second kappa shape index (κ2) is 12.5. The minimum Gasteiger partial charge on any atom is -0.393 e. The normalized spacial score (nSPS) is 38.8. The van der Waals surface area contributed by atoms with Gasteiger partial charge in [-0.3, -0.25) is 9.36 Å². The molecule has 0 radical (unpaired) electrons. The summed E-state index contributed by atoms with van der Waals surface area (Å²) in [6.45, 7) is 9.72. The van der Waals surface area contributed by atoms with Crippen molar-refractivity contribution in [3.63, 3.8) is 0 Å². The molecule has 0 spiro atoms. The first-order valence-corrected chi connectivity index (χ1v) is 17.6. The quantitative estimate of drug-likeness (QED) is 0.140. The molecule has 3 fully saturated rings. The number of rotatable bonds is 12. The standard InChI is InChI=1S/C31H54NO5P/c1-22(9-14-29(34)32-19-7-5-6-8-20-37-38(4,35)36)26-12-13-27-25-11-10-23-21-24(33)15-17-30(23,2)28(25)16-18-31(26,27)3/h10,22,24-28,33H,5-9,11-21H2,1-4H3,(H,32,34)(H,35,36)/t22-,24+,25+,26-,27+,28+,30+,31-/m1/s1. The second-order valence-corrected chi connectivity index (χ2v) is 15.7. The summed E-state index contributed by atoms with van der Waals surface area (Å²) in [5.41, 5.74) is 2.26. The Morgan fingerprint density at radius 3 is 2.66 bits per heavy atom. The van der Waals surface area contributed by atoms with Gasteiger partial charge in [0.05, 0.1) is 12.7 Å². The summed E-state index contributed by atoms with van der Waals surface area (Å²) in [6, 6.07) is 0. The molecule has 218 valence electrons. The van der Waals surface area contributed by atoms with Gasteiger partial charge in [0.25, 0.3) is 0 Å². The minimum absolute atomic E-state index is 0.134. The molecule has 4 aliphatic rings. The lowest BCUT2D eigenvalue weighted by Gasteiger charge is -2.58. The topological polar surface area (TPSA) is 95.9 Å². The van der Waals surface area contributed by atoms with Crippen molar-refractivity contribution < 1.29 is 23.9 Å². The molecule has 3 saturated carbocycles. The van der Waals surface area contributed by atoms with Gasteiger partial charge < -0.3 is 19.8 Å². The van der Waals surface area contributed by atoms with Gasteiger partial charge in [-0.2, -0.15) is 0 Å². The van der Waals surface area contributed by atoms with Gasteiger partial charge in [0.15, 0.2) is 0 Å². The molecule has 4 aliphatic carbocycles. The number of nitrogens with one attached hydrogen (secondary N) is 1. The molecule has 0 bridgehead atoms. The zero-order valence-electron chi connectivity index (χ0n) is 24.4. The summed E-state index contributed by atoms with van der Waals surface area (Å²) in [5, 5.41) is 13.4. The summed E-state index contributed by atoms with van der Waals surface area (Å²) in [5.74, 6) is 3.84. The first-order valence-electron chi connectivity index (χ1n) is 15.5. The van der Waals surface area contributed by atoms with E-state index in [9.17, 15) is 14.5 Å². The lowest BCUT2D eigenvalue weighted by atomic mass is 9.47. The van der Waals surface area contributed by atoms with E-state index in [2.05, 4.69) is 32.2 Å². The molecule has 1 amide bonds. The van der Waals surface area contributed by atoms with Crippen molar-refractivity contribution in [3.8, 4) is 0 Å². The Bertz CT molecular complexity index is 901. The smallest absolute Gasteiger partial charge is 0.325 e. The van der Waals surface area contributed by atoms with E-state index in [1.54, 1.807) is 5.57 Å². The lowest BCUT2D eigenvalue weighted by molar-refractivity contribution is -0.121. The van der Waals surface area contributed by atoms with E-state index >= 15 is 0 Å². The third kappa shape index (κ3) is 6.78. The zero-order chi connectivity index (χ0) is 27.6. The molecule has 38 heavy (non-hydrogen) atoms. The molecule has 0 aromatic carbocycles. The first-order chi connectivity index (χ1) is 17.9. The highest BCUT2D eigenvalue weighted by Crippen LogP contribution is 2.67. The number of fused-ring (bicyclic) bond motifs is 5. The van der Waals surface area contributed by atoms with Crippen LogP contribution in [0.4, 0.5) is 0 Å². The van der Waals surface area contributed by atoms with E-state index in [-0.39, 0.29) is 12.0 Å². The van der Waals surface area contributed by atoms with E-state index in [1.807, 2.05) is 0 Å². The van der Waals surface area contributed by atoms with Crippen LogP contribution in [0.2, 0.25) is 0 Å². The Morgan fingerprint density at radius 2 is 1.89 bits per heavy atom. The molecule has 7 heteroatoms. The number of hydrogen-bond acceptors (Lipinski definition) is 4. The monoisotopic (exact) mass is 551 g/mol. The highest BCUT2D eigenvalue weighted by atomic mass is 31.2. The van der Waals surface area contributed by atoms with Gasteiger partial charge in [-0.1, -0.05) is 45.3 Å². The van der Waals surface area contributed by atoms with Crippen LogP contribution in [0.5, 0.6) is 0 Å². The summed E-state index contributed by atoms with van der Waals surface area (Å²) in [7, 11) is -3.36. The van der Waals surface area contributed by atoms with Crippen LogP contribution in [0.3, 0.4) is 0 Å². The van der Waals surface area contributed by atoms with Crippen LogP contribution in [0, 0.1) is 40.4 Å². The van der Waals surface area contributed by atoms with Crippen LogP contribution in [0.25, 0.3) is 0 Å². The third-order valence-electron chi connectivity index (χ3n) is 11.4. The van der Waals surface area contributed by atoms with Crippen molar-refractivity contribution in [2.75, 3.05) is 19.8 Å². The van der Waals surface area contributed by atoms with Crippen LogP contribution >= 0.6 is 7.60 Å². The van der Waals surface area contributed by atoms with Gasteiger partial charge in [0, 0.05) is 19.6 Å². The third-order valence-corrected chi connectivity index (χ3v) is 12.1. The largest absolute Gasteiger partial charge is 0.393 e. The Kier molecular flexibility index (Phi) is 9.92. The summed E-state index contributed by atoms with van der Waals surface area (Å²) >= 11 is 0. The van der Waals surface area contributed by atoms with Crippen molar-refractivity contribution >= 4 is 13.5 Å². The Balaban J connectivity index is 1.20. The van der Waals surface area contributed by atoms with Crippen molar-refractivity contribution in [2.45, 2.75) is 117 Å². The number of hydrogen-bond donors (Lipinski definition) is 3. The van der Waals surface area contributed by atoms with Crippen LogP contribution in [0.1, 0.15) is 111 Å². The fourth-order valence-electron chi connectivity index (χ4n) is 9.31. The maximum atomic E-state index is 12.5. The molecule has 4 rings (SSSR count). The summed E-state index contributed by atoms with van der Waals surface area (Å²) < 4.78 is 16.0. The van der Waals surface area contributed by atoms with E-state index in [0.717, 1.165) is 69.1 Å². The number of amides is 1. The summed E-state index contributed by atoms with van der Waals surface area (Å²) in [4.78, 5) is 21.7. The Hall–Kier alpha value is -0.680. The molecule has 3 N–H and O–H groups in total. The van der Waals surface area contributed by atoms with Crippen molar-refractivity contribution in [3.05, 3.63) is 11.6 Å². The van der Waals surface area contributed by atoms with Gasteiger partial charge in [-0.15, -0.1) is 0 Å². The van der Waals surface area contributed by atoms with Gasteiger partial charge in [0.1, 0.15) is 0 Å². The predicted molar refractivity (Wildman–Crippen MR) is 153 cm³/mol. The average molecular weight is 552 g/mol. The van der Waals surface area contributed by atoms with Crippen molar-refractivity contribution in [2.24, 2.45) is 40.4 Å². The van der Waals surface area contributed by atoms with E-state index in [1.165, 1.54) is 38.8 Å². The highest BCUT2D eigenvalue weighted by Gasteiger charge is 2.59. The number of carbonyl (C=O) groups excluding carboxylic acids is 1. The molecule has 9 atom stereocenters. The molecule has 1 unspecified atom stereocenters. The van der Waals surface area contributed by atoms with Gasteiger partial charge in [-0.25, -0.2) is 0 Å². The predicted octanol–water partition coefficient (Wildman–Crippen LogP) is 6.85. The lowest BCUT2D eigenvalue weighted by Crippen LogP contribution is -2.50. The van der Waals surface area contributed by atoms with Crippen molar-refractivity contribution in [1.29, 1.82) is 0 Å². The minimum atomic E-state index is -3.36. The van der Waals surface area contributed by atoms with E-state index in [0.29, 0.717) is 42.2 Å². The molecule has 0 aromatic rings. The fraction of sp³-hybridized carbons (Fsp3) is 0.903. The molecular formula is C31H54NO5P. The van der Waals surface area contributed by atoms with E-state index < -0.39 is 7.60 Å². The Labute approximate surface area is 231 Å². The number of allylic oxidation sites excluding steroid dienone is 1. The fourth-order valence-corrected chi connectivity index (χ4v) is 9.78. The van der Waals surface area contributed by atoms with Crippen LogP contribution in [-0.4, -0.2) is 41.8 Å². The van der Waals surface area contributed by atoms with Gasteiger partial charge >= 0.3 is 7.60 Å². The Morgan fingerprint density at radius 1 is 1.13 bits per heavy atom. The molecule has 0 aromatic heterocycles. The van der Waals surface area contributed by atoms with Gasteiger partial charge in [0.2, 0.25) is 5.91 Å². The van der Waals surface area contributed by atoms with Crippen LogP contribution in [0.15, 0.2) is 11.6 Å². The van der Waals surface area contributed by atoms with Crippen LogP contribution in [-0.2, 0) is 13.9 Å². The molecule has 0 saturated heterocycles. The molecule has 6 nitrogen and oxygen atoms in total. The maximum absolute atomic E-state index is 12.5. The molecule has 0 aliphatic heterocycles. The second-order valence-electron chi connectivity index (χ2n) is 13.8. The van der Waals surface area contributed by atoms with Crippen molar-refractivity contribution in [1.82, 2.24) is 5.32 Å². The zero-order valence-corrected chi connectivity index (χ0v) is 25.3. The van der Waals surface area contributed by atoms with Gasteiger partial charge in [-0.05, 0) is 111 Å². The van der Waals surface area contributed by atoms with E-state index in [4.69, 9.17) is 9.42 Å². The first kappa shape index (κ1) is 30.3. The number of carbonyl (C=O) groups is 1. The molecule has 0 heterocycles. The number of aliphatic hydroxyl groups excluding tert-OH is 1. The number of aliphatic hydroxyl groups is 1. The highest BCUT2D eigenvalue weighted by molar-refractivity contribution is 7.51. The van der Waals surface area contributed by atoms with Crippen LogP contribution < -0.4 is 5.32 Å². The molecular weight excluding hydrogens is 497 g/mol. The SMILES string of the molecule is C[C@H](CCC(=O)NCCCCCCOP(C)(=O)O)[C@H]1CC[C@H]2[C@@H]3CC=C4C[C@@H](O)CC[C@]4(C)[C@H]3CC[C@]12C.